The highest BCUT2D eigenvalue weighted by Crippen LogP contribution is 2.04. The van der Waals surface area contributed by atoms with Crippen LogP contribution >= 0.6 is 0 Å². The van der Waals surface area contributed by atoms with Gasteiger partial charge in [0.15, 0.2) is 0 Å². The summed E-state index contributed by atoms with van der Waals surface area (Å²) in [6, 6.07) is 6.76. The molecule has 0 aliphatic heterocycles. The van der Waals surface area contributed by atoms with E-state index in [1.807, 2.05) is 0 Å². The van der Waals surface area contributed by atoms with Crippen molar-refractivity contribution in [3.8, 4) is 0 Å². The minimum atomic E-state index is -0.118. The molecule has 0 aromatic heterocycles. The molecule has 0 aliphatic rings. The molecule has 17 heavy (non-hydrogen) atoms. The predicted octanol–water partition coefficient (Wildman–Crippen LogP) is 0.398. The van der Waals surface area contributed by atoms with Crippen LogP contribution in [0.5, 0.6) is 0 Å². The summed E-state index contributed by atoms with van der Waals surface area (Å²) in [5.74, 6) is -0.118. The second kappa shape index (κ2) is 7.65. The number of nitrogen functional groups attached to an aromatic ring is 1. The van der Waals surface area contributed by atoms with Crippen LogP contribution in [0.1, 0.15) is 16.8 Å². The first-order valence-corrected chi connectivity index (χ1v) is 5.56. The molecule has 5 heteroatoms. The van der Waals surface area contributed by atoms with Crippen LogP contribution in [0.25, 0.3) is 0 Å². The summed E-state index contributed by atoms with van der Waals surface area (Å²) in [6.45, 7) is 1.45. The van der Waals surface area contributed by atoms with Gasteiger partial charge in [0.1, 0.15) is 0 Å². The van der Waals surface area contributed by atoms with E-state index in [4.69, 9.17) is 15.6 Å². The Kier molecular flexibility index (Phi) is 6.06. The third-order valence-corrected chi connectivity index (χ3v) is 2.16. The number of hydrogen-bond acceptors (Lipinski definition) is 4. The summed E-state index contributed by atoms with van der Waals surface area (Å²) in [6.07, 6.45) is 0.723. The zero-order valence-electron chi connectivity index (χ0n) is 9.69. The van der Waals surface area contributed by atoms with Gasteiger partial charge in [-0.15, -0.1) is 0 Å². The van der Waals surface area contributed by atoms with Gasteiger partial charge in [0.25, 0.3) is 5.91 Å². The number of rotatable bonds is 7. The van der Waals surface area contributed by atoms with Crippen LogP contribution in [0.2, 0.25) is 0 Å². The van der Waals surface area contributed by atoms with Crippen molar-refractivity contribution in [1.82, 2.24) is 5.32 Å². The molecular formula is C12H18N2O3. The molecule has 1 aromatic carbocycles. The first kappa shape index (κ1) is 13.5. The van der Waals surface area contributed by atoms with Gasteiger partial charge in [0.2, 0.25) is 0 Å². The van der Waals surface area contributed by atoms with Gasteiger partial charge in [-0.1, -0.05) is 0 Å². The molecule has 0 bridgehead atoms. The highest BCUT2D eigenvalue weighted by Gasteiger charge is 2.03. The number of carbonyl (C=O) groups is 1. The fourth-order valence-electron chi connectivity index (χ4n) is 1.28. The normalized spacial score (nSPS) is 10.2. The Bertz CT molecular complexity index is 338. The second-order valence-electron chi connectivity index (χ2n) is 3.57. The molecule has 1 aromatic rings. The van der Waals surface area contributed by atoms with Gasteiger partial charge in [-0.05, 0) is 30.7 Å². The van der Waals surface area contributed by atoms with Crippen LogP contribution in [0.3, 0.4) is 0 Å². The standard InChI is InChI=1S/C12H18N2O3/c13-11-4-2-10(3-5-11)12(16)14-6-1-8-17-9-7-15/h2-5,15H,1,6-9,13H2,(H,14,16). The Morgan fingerprint density at radius 1 is 1.29 bits per heavy atom. The Hall–Kier alpha value is -1.59. The molecule has 4 N–H and O–H groups in total. The van der Waals surface area contributed by atoms with E-state index in [1.165, 1.54) is 0 Å². The van der Waals surface area contributed by atoms with Crippen molar-refractivity contribution in [3.05, 3.63) is 29.8 Å². The number of carbonyl (C=O) groups excluding carboxylic acids is 1. The van der Waals surface area contributed by atoms with Gasteiger partial charge in [-0.2, -0.15) is 0 Å². The summed E-state index contributed by atoms with van der Waals surface area (Å²) in [5, 5.41) is 11.3. The number of hydrogen-bond donors (Lipinski definition) is 3. The predicted molar refractivity (Wildman–Crippen MR) is 65.7 cm³/mol. The van der Waals surface area contributed by atoms with Crippen molar-refractivity contribution in [1.29, 1.82) is 0 Å². The Labute approximate surface area is 101 Å². The van der Waals surface area contributed by atoms with Crippen LogP contribution in [0, 0.1) is 0 Å². The van der Waals surface area contributed by atoms with Crippen molar-refractivity contribution in [2.24, 2.45) is 0 Å². The van der Waals surface area contributed by atoms with Gasteiger partial charge >= 0.3 is 0 Å². The zero-order chi connectivity index (χ0) is 12.5. The molecule has 0 heterocycles. The van der Waals surface area contributed by atoms with E-state index >= 15 is 0 Å². The molecule has 1 amide bonds. The Balaban J connectivity index is 2.19. The molecule has 94 valence electrons. The maximum Gasteiger partial charge on any atom is 0.251 e. The van der Waals surface area contributed by atoms with E-state index in [-0.39, 0.29) is 12.5 Å². The zero-order valence-corrected chi connectivity index (χ0v) is 9.69. The van der Waals surface area contributed by atoms with Crippen molar-refractivity contribution in [3.63, 3.8) is 0 Å². The highest BCUT2D eigenvalue weighted by molar-refractivity contribution is 5.94. The van der Waals surface area contributed by atoms with E-state index in [0.29, 0.717) is 31.0 Å². The third kappa shape index (κ3) is 5.33. The number of nitrogens with one attached hydrogen (secondary N) is 1. The molecular weight excluding hydrogens is 220 g/mol. The van der Waals surface area contributed by atoms with Crippen LogP contribution in [0.15, 0.2) is 24.3 Å². The first-order valence-electron chi connectivity index (χ1n) is 5.56. The minimum absolute atomic E-state index is 0.0256. The summed E-state index contributed by atoms with van der Waals surface area (Å²) in [5.41, 5.74) is 6.76. The maximum atomic E-state index is 11.6. The van der Waals surface area contributed by atoms with Crippen molar-refractivity contribution in [2.75, 3.05) is 32.1 Å². The van der Waals surface area contributed by atoms with Crippen molar-refractivity contribution in [2.45, 2.75) is 6.42 Å². The highest BCUT2D eigenvalue weighted by atomic mass is 16.5. The summed E-state index contributed by atoms with van der Waals surface area (Å²) < 4.78 is 5.07. The summed E-state index contributed by atoms with van der Waals surface area (Å²) in [4.78, 5) is 11.6. The number of aliphatic hydroxyl groups excluding tert-OH is 1. The van der Waals surface area contributed by atoms with E-state index in [9.17, 15) is 4.79 Å². The fourth-order valence-corrected chi connectivity index (χ4v) is 1.28. The van der Waals surface area contributed by atoms with Gasteiger partial charge in [-0.3, -0.25) is 4.79 Å². The molecule has 0 radical (unpaired) electrons. The maximum absolute atomic E-state index is 11.6. The Morgan fingerprint density at radius 3 is 2.65 bits per heavy atom. The molecule has 0 saturated heterocycles. The Morgan fingerprint density at radius 2 is 2.00 bits per heavy atom. The molecule has 0 spiro atoms. The van der Waals surface area contributed by atoms with Gasteiger partial charge in [0.05, 0.1) is 13.2 Å². The smallest absolute Gasteiger partial charge is 0.251 e. The molecule has 0 atom stereocenters. The topological polar surface area (TPSA) is 84.6 Å². The van der Waals surface area contributed by atoms with Crippen LogP contribution < -0.4 is 11.1 Å². The summed E-state index contributed by atoms with van der Waals surface area (Å²) >= 11 is 0. The second-order valence-corrected chi connectivity index (χ2v) is 3.57. The molecule has 5 nitrogen and oxygen atoms in total. The minimum Gasteiger partial charge on any atom is -0.399 e. The van der Waals surface area contributed by atoms with Gasteiger partial charge < -0.3 is 20.9 Å². The first-order chi connectivity index (χ1) is 8.24. The number of nitrogens with two attached hydrogens (primary N) is 1. The van der Waals surface area contributed by atoms with Crippen LogP contribution in [0.4, 0.5) is 5.69 Å². The molecule has 1 rings (SSSR count). The average molecular weight is 238 g/mol. The van der Waals surface area contributed by atoms with Crippen LogP contribution in [-0.2, 0) is 4.74 Å². The monoisotopic (exact) mass is 238 g/mol. The molecule has 0 saturated carbocycles. The number of ether oxygens (including phenoxy) is 1. The fraction of sp³-hybridized carbons (Fsp3) is 0.417. The largest absolute Gasteiger partial charge is 0.399 e. The number of amides is 1. The number of aliphatic hydroxyl groups is 1. The lowest BCUT2D eigenvalue weighted by molar-refractivity contribution is 0.0867. The lowest BCUT2D eigenvalue weighted by atomic mass is 10.2. The SMILES string of the molecule is Nc1ccc(C(=O)NCCCOCCO)cc1. The average Bonchev–Trinajstić information content (AvgIpc) is 2.34. The molecule has 0 fully saturated rings. The van der Waals surface area contributed by atoms with Crippen molar-refractivity contribution < 1.29 is 14.6 Å². The van der Waals surface area contributed by atoms with Gasteiger partial charge in [-0.25, -0.2) is 0 Å². The lowest BCUT2D eigenvalue weighted by Crippen LogP contribution is -2.25. The quantitative estimate of drug-likeness (QED) is 0.474. The number of anilines is 1. The van der Waals surface area contributed by atoms with Gasteiger partial charge in [0, 0.05) is 24.4 Å². The van der Waals surface area contributed by atoms with Crippen LogP contribution in [-0.4, -0.2) is 37.4 Å². The van der Waals surface area contributed by atoms with E-state index < -0.39 is 0 Å². The van der Waals surface area contributed by atoms with E-state index in [2.05, 4.69) is 5.32 Å². The van der Waals surface area contributed by atoms with E-state index in [1.54, 1.807) is 24.3 Å². The van der Waals surface area contributed by atoms with E-state index in [0.717, 1.165) is 6.42 Å². The lowest BCUT2D eigenvalue weighted by Gasteiger charge is -2.05. The molecule has 0 unspecified atom stereocenters. The number of benzene rings is 1. The molecule has 0 aliphatic carbocycles. The summed E-state index contributed by atoms with van der Waals surface area (Å²) in [7, 11) is 0. The third-order valence-electron chi connectivity index (χ3n) is 2.16. The van der Waals surface area contributed by atoms with Crippen molar-refractivity contribution >= 4 is 11.6 Å².